The molecule has 4 nitrogen and oxygen atoms in total. The van der Waals surface area contributed by atoms with Gasteiger partial charge in [-0.2, -0.15) is 0 Å². The molecule has 4 rings (SSSR count). The summed E-state index contributed by atoms with van der Waals surface area (Å²) in [7, 11) is 0. The lowest BCUT2D eigenvalue weighted by Gasteiger charge is -2.37. The quantitative estimate of drug-likeness (QED) is 0.787. The normalized spacial score (nSPS) is 19.5. The molecule has 2 heterocycles. The van der Waals surface area contributed by atoms with Crippen molar-refractivity contribution in [2.45, 2.75) is 39.3 Å². The minimum atomic E-state index is -0.00368. The molecule has 0 aromatic heterocycles. The van der Waals surface area contributed by atoms with Crippen LogP contribution < -0.4 is 14.5 Å². The van der Waals surface area contributed by atoms with Crippen molar-refractivity contribution in [3.05, 3.63) is 53.6 Å². The predicted molar refractivity (Wildman–Crippen MR) is 100 cm³/mol. The molecule has 0 radical (unpaired) electrons. The van der Waals surface area contributed by atoms with E-state index in [1.807, 2.05) is 30.0 Å². The Morgan fingerprint density at radius 2 is 1.84 bits per heavy atom. The van der Waals surface area contributed by atoms with Crippen LogP contribution in [0.2, 0.25) is 0 Å². The molecule has 2 aliphatic heterocycles. The fourth-order valence-corrected chi connectivity index (χ4v) is 3.86. The number of hydrogen-bond acceptors (Lipinski definition) is 3. The number of aryl methyl sites for hydroxylation is 1. The van der Waals surface area contributed by atoms with Crippen molar-refractivity contribution in [1.82, 2.24) is 0 Å². The number of carbonyl (C=O) groups is 1. The highest BCUT2D eigenvalue weighted by Gasteiger charge is 2.41. The molecule has 0 aliphatic carbocycles. The Labute approximate surface area is 149 Å². The molecular weight excluding hydrogens is 312 g/mol. The molecule has 2 aromatic rings. The van der Waals surface area contributed by atoms with Gasteiger partial charge in [-0.15, -0.1) is 0 Å². The van der Waals surface area contributed by atoms with Gasteiger partial charge >= 0.3 is 0 Å². The van der Waals surface area contributed by atoms with Crippen molar-refractivity contribution in [1.29, 1.82) is 0 Å². The number of fused-ring (bicyclic) bond motifs is 2. The van der Waals surface area contributed by atoms with Crippen LogP contribution in [0.25, 0.3) is 0 Å². The van der Waals surface area contributed by atoms with E-state index < -0.39 is 0 Å². The van der Waals surface area contributed by atoms with Crippen LogP contribution >= 0.6 is 0 Å². The van der Waals surface area contributed by atoms with Gasteiger partial charge in [-0.05, 0) is 51.5 Å². The van der Waals surface area contributed by atoms with Gasteiger partial charge in [0.25, 0.3) is 5.91 Å². The molecule has 0 saturated heterocycles. The van der Waals surface area contributed by atoms with Crippen LogP contribution in [0.1, 0.15) is 37.9 Å². The fraction of sp³-hybridized carbons (Fsp3) is 0.381. The van der Waals surface area contributed by atoms with E-state index in [2.05, 4.69) is 49.9 Å². The van der Waals surface area contributed by atoms with Crippen LogP contribution in [-0.2, 0) is 4.79 Å². The number of hydrogen-bond donors (Lipinski definition) is 0. The molecule has 2 aromatic carbocycles. The van der Waals surface area contributed by atoms with Crippen molar-refractivity contribution in [2.24, 2.45) is 0 Å². The van der Waals surface area contributed by atoms with E-state index in [1.165, 1.54) is 11.3 Å². The smallest absolute Gasteiger partial charge is 0.265 e. The van der Waals surface area contributed by atoms with Gasteiger partial charge < -0.3 is 9.64 Å². The molecule has 25 heavy (non-hydrogen) atoms. The molecule has 0 saturated carbocycles. The van der Waals surface area contributed by atoms with Crippen LogP contribution in [-0.4, -0.2) is 24.6 Å². The van der Waals surface area contributed by atoms with Crippen molar-refractivity contribution < 1.29 is 9.53 Å². The van der Waals surface area contributed by atoms with Crippen molar-refractivity contribution in [3.8, 4) is 5.75 Å². The lowest BCUT2D eigenvalue weighted by Crippen LogP contribution is -2.46. The third kappa shape index (κ3) is 2.56. The number of carbonyl (C=O) groups excluding carboxylic acids is 1. The maximum Gasteiger partial charge on any atom is 0.265 e. The Morgan fingerprint density at radius 1 is 1.08 bits per heavy atom. The summed E-state index contributed by atoms with van der Waals surface area (Å²) in [5.41, 5.74) is 4.43. The summed E-state index contributed by atoms with van der Waals surface area (Å²) in [5.74, 6) is 0.818. The zero-order chi connectivity index (χ0) is 17.8. The minimum absolute atomic E-state index is 0.00368. The van der Waals surface area contributed by atoms with Gasteiger partial charge in [0.2, 0.25) is 0 Å². The van der Waals surface area contributed by atoms with Gasteiger partial charge in [0.15, 0.2) is 6.61 Å². The second kappa shape index (κ2) is 5.51. The molecule has 0 N–H and O–H groups in total. The SMILES string of the molecule is Cc1ccc2c(c1)OCC(=O)N2C1CN(C(C)(C)C)c2ccccc21. The van der Waals surface area contributed by atoms with Crippen LogP contribution in [0.3, 0.4) is 0 Å². The number of rotatable bonds is 1. The molecule has 130 valence electrons. The van der Waals surface area contributed by atoms with Crippen molar-refractivity contribution >= 4 is 17.3 Å². The molecule has 0 spiro atoms. The first kappa shape index (κ1) is 16.0. The summed E-state index contributed by atoms with van der Waals surface area (Å²) < 4.78 is 5.68. The first-order valence-corrected chi connectivity index (χ1v) is 8.78. The van der Waals surface area contributed by atoms with Gasteiger partial charge in [0, 0.05) is 23.3 Å². The predicted octanol–water partition coefficient (Wildman–Crippen LogP) is 4.08. The third-order valence-electron chi connectivity index (χ3n) is 5.06. The Bertz CT molecular complexity index is 838. The molecule has 0 fully saturated rings. The average Bonchev–Trinajstić information content (AvgIpc) is 2.95. The summed E-state index contributed by atoms with van der Waals surface area (Å²) in [6.07, 6.45) is 0. The second-order valence-electron chi connectivity index (χ2n) is 7.88. The first-order chi connectivity index (χ1) is 11.9. The number of nitrogens with zero attached hydrogens (tertiary/aromatic N) is 2. The molecule has 1 atom stereocenters. The van der Waals surface area contributed by atoms with Gasteiger partial charge in [0.1, 0.15) is 5.75 Å². The van der Waals surface area contributed by atoms with Crippen LogP contribution in [0.4, 0.5) is 11.4 Å². The summed E-state index contributed by atoms with van der Waals surface area (Å²) >= 11 is 0. The van der Waals surface area contributed by atoms with Crippen molar-refractivity contribution in [2.75, 3.05) is 23.0 Å². The summed E-state index contributed by atoms with van der Waals surface area (Å²) in [5, 5.41) is 0. The summed E-state index contributed by atoms with van der Waals surface area (Å²) in [4.78, 5) is 17.1. The van der Waals surface area contributed by atoms with Crippen LogP contribution in [0.5, 0.6) is 5.75 Å². The number of amides is 1. The Morgan fingerprint density at radius 3 is 2.60 bits per heavy atom. The maximum atomic E-state index is 12.8. The topological polar surface area (TPSA) is 32.8 Å². The zero-order valence-electron chi connectivity index (χ0n) is 15.2. The second-order valence-corrected chi connectivity index (χ2v) is 7.88. The number of para-hydroxylation sites is 1. The fourth-order valence-electron chi connectivity index (χ4n) is 3.86. The summed E-state index contributed by atoms with van der Waals surface area (Å²) in [6, 6.07) is 14.5. The largest absolute Gasteiger partial charge is 0.482 e. The van der Waals surface area contributed by atoms with E-state index in [4.69, 9.17) is 4.74 Å². The van der Waals surface area contributed by atoms with Gasteiger partial charge in [-0.1, -0.05) is 24.3 Å². The van der Waals surface area contributed by atoms with Crippen molar-refractivity contribution in [3.63, 3.8) is 0 Å². The lowest BCUT2D eigenvalue weighted by atomic mass is 10.0. The van der Waals surface area contributed by atoms with Crippen LogP contribution in [0.15, 0.2) is 42.5 Å². The Balaban J connectivity index is 1.82. The number of benzene rings is 2. The first-order valence-electron chi connectivity index (χ1n) is 8.78. The third-order valence-corrected chi connectivity index (χ3v) is 5.06. The Kier molecular flexibility index (Phi) is 3.53. The standard InChI is InChI=1S/C21H24N2O2/c1-14-9-10-17-19(11-14)25-13-20(24)23(17)18-12-22(21(2,3)4)16-8-6-5-7-15(16)18/h5-11,18H,12-13H2,1-4H3. The number of ether oxygens (including phenoxy) is 1. The highest BCUT2D eigenvalue weighted by Crippen LogP contribution is 2.46. The lowest BCUT2D eigenvalue weighted by molar-refractivity contribution is -0.121. The van der Waals surface area contributed by atoms with E-state index in [0.29, 0.717) is 0 Å². The molecule has 2 aliphatic rings. The van der Waals surface area contributed by atoms with E-state index in [0.717, 1.165) is 23.5 Å². The molecule has 1 amide bonds. The Hall–Kier alpha value is -2.49. The molecule has 0 bridgehead atoms. The van der Waals surface area contributed by atoms with Gasteiger partial charge in [0.05, 0.1) is 11.7 Å². The average molecular weight is 336 g/mol. The molecule has 1 unspecified atom stereocenters. The van der Waals surface area contributed by atoms with E-state index in [-0.39, 0.29) is 24.1 Å². The minimum Gasteiger partial charge on any atom is -0.482 e. The van der Waals surface area contributed by atoms with Gasteiger partial charge in [-0.25, -0.2) is 0 Å². The van der Waals surface area contributed by atoms with Gasteiger partial charge in [-0.3, -0.25) is 9.69 Å². The molecule has 4 heteroatoms. The van der Waals surface area contributed by atoms with E-state index >= 15 is 0 Å². The molecular formula is C21H24N2O2. The maximum absolute atomic E-state index is 12.8. The zero-order valence-corrected chi connectivity index (χ0v) is 15.2. The number of anilines is 2. The van der Waals surface area contributed by atoms with Crippen LogP contribution in [0, 0.1) is 6.92 Å². The highest BCUT2D eigenvalue weighted by molar-refractivity contribution is 5.99. The summed E-state index contributed by atoms with van der Waals surface area (Å²) in [6.45, 7) is 9.57. The van der Waals surface area contributed by atoms with E-state index in [9.17, 15) is 4.79 Å². The van der Waals surface area contributed by atoms with E-state index in [1.54, 1.807) is 0 Å². The highest BCUT2D eigenvalue weighted by atomic mass is 16.5. The monoisotopic (exact) mass is 336 g/mol.